The molecule has 1 saturated heterocycles. The average Bonchev–Trinajstić information content (AvgIpc) is 2.78. The SMILES string of the molecule is CNC(=O)c1cnc(N2CCNCC2)s1.Cl. The van der Waals surface area contributed by atoms with E-state index in [0.29, 0.717) is 4.88 Å². The summed E-state index contributed by atoms with van der Waals surface area (Å²) in [4.78, 5) is 18.5. The number of aromatic nitrogens is 1. The molecule has 1 amide bonds. The van der Waals surface area contributed by atoms with Gasteiger partial charge in [0.05, 0.1) is 6.20 Å². The van der Waals surface area contributed by atoms with Crippen molar-refractivity contribution in [1.29, 1.82) is 0 Å². The lowest BCUT2D eigenvalue weighted by Crippen LogP contribution is -2.43. The van der Waals surface area contributed by atoms with Crippen molar-refractivity contribution in [2.75, 3.05) is 38.1 Å². The highest BCUT2D eigenvalue weighted by atomic mass is 35.5. The first-order valence-corrected chi connectivity index (χ1v) is 5.76. The van der Waals surface area contributed by atoms with Gasteiger partial charge in [-0.3, -0.25) is 4.79 Å². The fraction of sp³-hybridized carbons (Fsp3) is 0.556. The van der Waals surface area contributed by atoms with E-state index in [-0.39, 0.29) is 18.3 Å². The fourth-order valence-electron chi connectivity index (χ4n) is 1.50. The Morgan fingerprint density at radius 2 is 2.25 bits per heavy atom. The van der Waals surface area contributed by atoms with Crippen molar-refractivity contribution in [1.82, 2.24) is 15.6 Å². The summed E-state index contributed by atoms with van der Waals surface area (Å²) in [5.74, 6) is -0.0612. The van der Waals surface area contributed by atoms with Crippen LogP contribution in [0.1, 0.15) is 9.67 Å². The van der Waals surface area contributed by atoms with Gasteiger partial charge in [-0.05, 0) is 0 Å². The zero-order valence-corrected chi connectivity index (χ0v) is 10.7. The number of rotatable bonds is 2. The third-order valence-electron chi connectivity index (χ3n) is 2.33. The monoisotopic (exact) mass is 262 g/mol. The molecule has 0 bridgehead atoms. The molecule has 2 N–H and O–H groups in total. The number of carbonyl (C=O) groups is 1. The van der Waals surface area contributed by atoms with Crippen LogP contribution in [-0.4, -0.2) is 44.1 Å². The van der Waals surface area contributed by atoms with Gasteiger partial charge in [-0.1, -0.05) is 11.3 Å². The molecule has 0 saturated carbocycles. The van der Waals surface area contributed by atoms with E-state index in [1.807, 2.05) is 0 Å². The van der Waals surface area contributed by atoms with E-state index >= 15 is 0 Å². The van der Waals surface area contributed by atoms with E-state index in [2.05, 4.69) is 20.5 Å². The van der Waals surface area contributed by atoms with Gasteiger partial charge in [-0.2, -0.15) is 0 Å². The molecule has 1 aliphatic heterocycles. The number of thiazole rings is 1. The van der Waals surface area contributed by atoms with E-state index in [9.17, 15) is 4.79 Å². The molecule has 0 aliphatic carbocycles. The third kappa shape index (κ3) is 2.84. The molecule has 1 aromatic heterocycles. The molecule has 1 fully saturated rings. The summed E-state index contributed by atoms with van der Waals surface area (Å²) >= 11 is 1.45. The normalized spacial score (nSPS) is 15.4. The van der Waals surface area contributed by atoms with Crippen LogP contribution in [0.15, 0.2) is 6.20 Å². The minimum atomic E-state index is -0.0612. The number of nitrogens with one attached hydrogen (secondary N) is 2. The summed E-state index contributed by atoms with van der Waals surface area (Å²) < 4.78 is 0. The summed E-state index contributed by atoms with van der Waals surface area (Å²) in [5.41, 5.74) is 0. The van der Waals surface area contributed by atoms with Crippen LogP contribution >= 0.6 is 23.7 Å². The lowest BCUT2D eigenvalue weighted by atomic mass is 10.4. The molecular weight excluding hydrogens is 248 g/mol. The van der Waals surface area contributed by atoms with Crippen molar-refractivity contribution >= 4 is 34.8 Å². The van der Waals surface area contributed by atoms with Crippen LogP contribution < -0.4 is 15.5 Å². The lowest BCUT2D eigenvalue weighted by Gasteiger charge is -2.26. The van der Waals surface area contributed by atoms with Gasteiger partial charge in [0.15, 0.2) is 5.13 Å². The number of piperazine rings is 1. The van der Waals surface area contributed by atoms with Crippen molar-refractivity contribution in [3.63, 3.8) is 0 Å². The highest BCUT2D eigenvalue weighted by molar-refractivity contribution is 7.17. The molecule has 0 spiro atoms. The van der Waals surface area contributed by atoms with Crippen molar-refractivity contribution < 1.29 is 4.79 Å². The predicted molar refractivity (Wildman–Crippen MR) is 67.8 cm³/mol. The molecule has 2 heterocycles. The summed E-state index contributed by atoms with van der Waals surface area (Å²) in [6, 6.07) is 0. The predicted octanol–water partition coefficient (Wildman–Crippen LogP) is 0.334. The number of hydrogen-bond donors (Lipinski definition) is 2. The van der Waals surface area contributed by atoms with E-state index in [4.69, 9.17) is 0 Å². The fourth-order valence-corrected chi connectivity index (χ4v) is 2.41. The first-order chi connectivity index (χ1) is 7.31. The number of halogens is 1. The Hall–Kier alpha value is -0.850. The van der Waals surface area contributed by atoms with Crippen molar-refractivity contribution in [2.24, 2.45) is 0 Å². The van der Waals surface area contributed by atoms with Gasteiger partial charge in [0, 0.05) is 33.2 Å². The summed E-state index contributed by atoms with van der Waals surface area (Å²) in [5, 5.41) is 6.82. The average molecular weight is 263 g/mol. The Balaban J connectivity index is 0.00000128. The maximum atomic E-state index is 11.3. The molecule has 1 aromatic rings. The number of carbonyl (C=O) groups excluding carboxylic acids is 1. The van der Waals surface area contributed by atoms with E-state index < -0.39 is 0 Å². The molecule has 16 heavy (non-hydrogen) atoms. The van der Waals surface area contributed by atoms with Crippen LogP contribution in [0.2, 0.25) is 0 Å². The maximum absolute atomic E-state index is 11.3. The Morgan fingerprint density at radius 3 is 2.88 bits per heavy atom. The molecular formula is C9H15ClN4OS. The van der Waals surface area contributed by atoms with Gasteiger partial charge in [0.1, 0.15) is 4.88 Å². The second-order valence-electron chi connectivity index (χ2n) is 3.32. The lowest BCUT2D eigenvalue weighted by molar-refractivity contribution is 0.0967. The van der Waals surface area contributed by atoms with E-state index in [1.165, 1.54) is 11.3 Å². The third-order valence-corrected chi connectivity index (χ3v) is 3.39. The minimum absolute atomic E-state index is 0. The van der Waals surface area contributed by atoms with Gasteiger partial charge in [0.25, 0.3) is 5.91 Å². The summed E-state index contributed by atoms with van der Waals surface area (Å²) in [7, 11) is 1.63. The summed E-state index contributed by atoms with van der Waals surface area (Å²) in [6.07, 6.45) is 1.64. The second kappa shape index (κ2) is 6.03. The van der Waals surface area contributed by atoms with Crippen LogP contribution in [0.4, 0.5) is 5.13 Å². The van der Waals surface area contributed by atoms with Gasteiger partial charge in [-0.15, -0.1) is 12.4 Å². The zero-order chi connectivity index (χ0) is 10.7. The van der Waals surface area contributed by atoms with Crippen molar-refractivity contribution in [3.8, 4) is 0 Å². The number of amides is 1. The molecule has 1 aliphatic rings. The number of hydrogen-bond acceptors (Lipinski definition) is 5. The standard InChI is InChI=1S/C9H14N4OS.ClH/c1-10-8(14)7-6-12-9(15-7)13-4-2-11-3-5-13;/h6,11H,2-5H2,1H3,(H,10,14);1H. The van der Waals surface area contributed by atoms with Crippen molar-refractivity contribution in [2.45, 2.75) is 0 Å². The van der Waals surface area contributed by atoms with Crippen molar-refractivity contribution in [3.05, 3.63) is 11.1 Å². The maximum Gasteiger partial charge on any atom is 0.262 e. The number of anilines is 1. The first-order valence-electron chi connectivity index (χ1n) is 4.95. The molecule has 7 heteroatoms. The zero-order valence-electron chi connectivity index (χ0n) is 9.02. The molecule has 2 rings (SSSR count). The van der Waals surface area contributed by atoms with Crippen LogP contribution in [0.25, 0.3) is 0 Å². The van der Waals surface area contributed by atoms with Crippen LogP contribution in [0.3, 0.4) is 0 Å². The quantitative estimate of drug-likeness (QED) is 0.807. The Kier molecular flexibility index (Phi) is 4.98. The molecule has 0 radical (unpaired) electrons. The van der Waals surface area contributed by atoms with Crippen LogP contribution in [0.5, 0.6) is 0 Å². The molecule has 0 aromatic carbocycles. The van der Waals surface area contributed by atoms with Gasteiger partial charge >= 0.3 is 0 Å². The van der Waals surface area contributed by atoms with E-state index in [0.717, 1.165) is 31.3 Å². The smallest absolute Gasteiger partial charge is 0.262 e. The molecule has 0 atom stereocenters. The van der Waals surface area contributed by atoms with Crippen LogP contribution in [-0.2, 0) is 0 Å². The minimum Gasteiger partial charge on any atom is -0.354 e. The highest BCUT2D eigenvalue weighted by Crippen LogP contribution is 2.22. The Bertz CT molecular complexity index is 351. The van der Waals surface area contributed by atoms with Gasteiger partial charge in [-0.25, -0.2) is 4.98 Å². The Labute approximate surface area is 105 Å². The second-order valence-corrected chi connectivity index (χ2v) is 4.33. The largest absolute Gasteiger partial charge is 0.354 e. The van der Waals surface area contributed by atoms with Crippen LogP contribution in [0, 0.1) is 0 Å². The first kappa shape index (κ1) is 13.2. The number of nitrogens with zero attached hydrogens (tertiary/aromatic N) is 2. The topological polar surface area (TPSA) is 57.3 Å². The summed E-state index contributed by atoms with van der Waals surface area (Å²) in [6.45, 7) is 3.88. The van der Waals surface area contributed by atoms with Gasteiger partial charge < -0.3 is 15.5 Å². The molecule has 0 unspecified atom stereocenters. The van der Waals surface area contributed by atoms with Gasteiger partial charge in [0.2, 0.25) is 0 Å². The Morgan fingerprint density at radius 1 is 1.56 bits per heavy atom. The molecule has 90 valence electrons. The highest BCUT2D eigenvalue weighted by Gasteiger charge is 2.15. The van der Waals surface area contributed by atoms with E-state index in [1.54, 1.807) is 13.2 Å². The molecule has 5 nitrogen and oxygen atoms in total.